The molecule has 0 bridgehead atoms. The molecule has 0 saturated heterocycles. The molecule has 0 aliphatic heterocycles. The summed E-state index contributed by atoms with van der Waals surface area (Å²) in [7, 11) is 0. The highest BCUT2D eigenvalue weighted by Gasteiger charge is 2.32. The molecule has 0 aromatic heterocycles. The average molecular weight is 486 g/mol. The Morgan fingerprint density at radius 2 is 1.54 bits per heavy atom. The molecule has 4 aromatic rings. The predicted octanol–water partition coefficient (Wildman–Crippen LogP) is 6.59. The molecule has 1 aliphatic carbocycles. The topological polar surface area (TPSA) is 75.6 Å². The minimum atomic E-state index is -1.19. The number of aliphatic carboxylic acids is 1. The van der Waals surface area contributed by atoms with Gasteiger partial charge in [-0.3, -0.25) is 0 Å². The van der Waals surface area contributed by atoms with Crippen molar-refractivity contribution in [1.29, 1.82) is 0 Å². The van der Waals surface area contributed by atoms with Gasteiger partial charge in [0.1, 0.15) is 12.6 Å². The van der Waals surface area contributed by atoms with Crippen molar-refractivity contribution in [1.82, 2.24) is 5.32 Å². The maximum atomic E-state index is 12.8. The predicted molar refractivity (Wildman–Crippen MR) is 137 cm³/mol. The zero-order valence-electron chi connectivity index (χ0n) is 19.1. The third-order valence-electron chi connectivity index (χ3n) is 6.73. The summed E-state index contributed by atoms with van der Waals surface area (Å²) < 4.78 is 5.58. The van der Waals surface area contributed by atoms with Crippen LogP contribution in [0.5, 0.6) is 0 Å². The largest absolute Gasteiger partial charge is 0.480 e. The lowest BCUT2D eigenvalue weighted by atomic mass is 9.89. The van der Waals surface area contributed by atoms with Gasteiger partial charge in [-0.15, -0.1) is 0 Å². The first-order chi connectivity index (χ1) is 16.9. The fourth-order valence-corrected chi connectivity index (χ4v) is 5.26. The van der Waals surface area contributed by atoms with Crippen LogP contribution in [0.4, 0.5) is 4.79 Å². The molecule has 0 heterocycles. The molecule has 1 amide bonds. The number of amides is 1. The van der Waals surface area contributed by atoms with Crippen molar-refractivity contribution in [3.8, 4) is 11.1 Å². The maximum absolute atomic E-state index is 12.8. The number of carbonyl (C=O) groups excluding carboxylic acids is 1. The third-order valence-corrected chi connectivity index (χ3v) is 6.95. The molecule has 0 unspecified atom stereocenters. The van der Waals surface area contributed by atoms with E-state index in [1.54, 1.807) is 13.0 Å². The Morgan fingerprint density at radius 3 is 2.20 bits per heavy atom. The van der Waals surface area contributed by atoms with Crippen LogP contribution in [0.15, 0.2) is 84.9 Å². The van der Waals surface area contributed by atoms with Gasteiger partial charge < -0.3 is 15.2 Å². The molecule has 0 spiro atoms. The Bertz CT molecular complexity index is 1390. The lowest BCUT2D eigenvalue weighted by molar-refractivity contribution is -0.139. The Kier molecular flexibility index (Phi) is 6.18. The SMILES string of the molecule is C[C@@H](c1cc(Cl)cc2ccccc12)[C@H](NC(=O)OCC1c2ccccc2-c2ccccc21)C(=O)O. The van der Waals surface area contributed by atoms with Gasteiger partial charge in [-0.25, -0.2) is 9.59 Å². The summed E-state index contributed by atoms with van der Waals surface area (Å²) in [5.74, 6) is -1.79. The molecule has 2 N–H and O–H groups in total. The molecule has 5 rings (SSSR count). The molecule has 5 nitrogen and oxygen atoms in total. The fourth-order valence-electron chi connectivity index (χ4n) is 5.03. The van der Waals surface area contributed by atoms with E-state index in [9.17, 15) is 14.7 Å². The molecule has 4 aromatic carbocycles. The van der Waals surface area contributed by atoms with Crippen molar-refractivity contribution < 1.29 is 19.4 Å². The first-order valence-electron chi connectivity index (χ1n) is 11.5. The van der Waals surface area contributed by atoms with Crippen LogP contribution in [0, 0.1) is 0 Å². The first kappa shape index (κ1) is 22.9. The van der Waals surface area contributed by atoms with Crippen molar-refractivity contribution >= 4 is 34.4 Å². The van der Waals surface area contributed by atoms with Gasteiger partial charge in [-0.05, 0) is 50.7 Å². The second-order valence-corrected chi connectivity index (χ2v) is 9.23. The van der Waals surface area contributed by atoms with Gasteiger partial charge in [-0.1, -0.05) is 91.3 Å². The molecule has 35 heavy (non-hydrogen) atoms. The zero-order valence-corrected chi connectivity index (χ0v) is 19.8. The molecular formula is C29H24ClNO4. The quantitative estimate of drug-likeness (QED) is 0.323. The Balaban J connectivity index is 1.34. The molecule has 0 radical (unpaired) electrons. The van der Waals surface area contributed by atoms with Crippen LogP contribution in [-0.2, 0) is 9.53 Å². The van der Waals surface area contributed by atoms with Crippen molar-refractivity contribution in [2.45, 2.75) is 24.8 Å². The molecule has 2 atom stereocenters. The van der Waals surface area contributed by atoms with Gasteiger partial charge in [-0.2, -0.15) is 0 Å². The Morgan fingerprint density at radius 1 is 0.943 bits per heavy atom. The fraction of sp³-hybridized carbons (Fsp3) is 0.172. The van der Waals surface area contributed by atoms with Crippen molar-refractivity contribution in [2.24, 2.45) is 0 Å². The number of hydrogen-bond acceptors (Lipinski definition) is 3. The van der Waals surface area contributed by atoms with Crippen LogP contribution >= 0.6 is 11.6 Å². The maximum Gasteiger partial charge on any atom is 0.407 e. The summed E-state index contributed by atoms with van der Waals surface area (Å²) in [4.78, 5) is 24.9. The van der Waals surface area contributed by atoms with Gasteiger partial charge >= 0.3 is 12.1 Å². The highest BCUT2D eigenvalue weighted by molar-refractivity contribution is 6.31. The Labute approximate surface area is 208 Å². The second kappa shape index (κ2) is 9.43. The van der Waals surface area contributed by atoms with Gasteiger partial charge in [0.15, 0.2) is 0 Å². The lowest BCUT2D eigenvalue weighted by Gasteiger charge is -2.24. The monoisotopic (exact) mass is 485 g/mol. The Hall–Kier alpha value is -3.83. The number of carbonyl (C=O) groups is 2. The number of hydrogen-bond donors (Lipinski definition) is 2. The third kappa shape index (κ3) is 4.35. The highest BCUT2D eigenvalue weighted by Crippen LogP contribution is 2.44. The lowest BCUT2D eigenvalue weighted by Crippen LogP contribution is -2.44. The van der Waals surface area contributed by atoms with E-state index in [1.165, 1.54) is 0 Å². The minimum absolute atomic E-state index is 0.106. The van der Waals surface area contributed by atoms with Crippen LogP contribution in [0.1, 0.15) is 35.4 Å². The number of rotatable bonds is 6. The zero-order chi connectivity index (χ0) is 24.5. The summed E-state index contributed by atoms with van der Waals surface area (Å²) in [5, 5.41) is 14.8. The summed E-state index contributed by atoms with van der Waals surface area (Å²) in [5.41, 5.74) is 5.19. The van der Waals surface area contributed by atoms with E-state index in [0.717, 1.165) is 38.6 Å². The van der Waals surface area contributed by atoms with Crippen molar-refractivity contribution in [2.75, 3.05) is 6.61 Å². The van der Waals surface area contributed by atoms with Crippen molar-refractivity contribution in [3.63, 3.8) is 0 Å². The molecule has 0 saturated carbocycles. The summed E-state index contributed by atoms with van der Waals surface area (Å²) in [6, 6.07) is 26.1. The molecule has 176 valence electrons. The van der Waals surface area contributed by atoms with E-state index in [-0.39, 0.29) is 12.5 Å². The van der Waals surface area contributed by atoms with E-state index in [4.69, 9.17) is 16.3 Å². The van der Waals surface area contributed by atoms with Crippen LogP contribution in [0.3, 0.4) is 0 Å². The van der Waals surface area contributed by atoms with Crippen LogP contribution in [0.25, 0.3) is 21.9 Å². The molecule has 1 aliphatic rings. The van der Waals surface area contributed by atoms with E-state index in [0.29, 0.717) is 5.02 Å². The second-order valence-electron chi connectivity index (χ2n) is 8.79. The van der Waals surface area contributed by atoms with Gasteiger partial charge in [0.25, 0.3) is 0 Å². The first-order valence-corrected chi connectivity index (χ1v) is 11.8. The van der Waals surface area contributed by atoms with E-state index < -0.39 is 24.0 Å². The average Bonchev–Trinajstić information content (AvgIpc) is 3.18. The van der Waals surface area contributed by atoms with Crippen LogP contribution in [-0.4, -0.2) is 29.8 Å². The van der Waals surface area contributed by atoms with E-state index in [2.05, 4.69) is 17.4 Å². The molecular weight excluding hydrogens is 462 g/mol. The number of nitrogens with one attached hydrogen (secondary N) is 1. The van der Waals surface area contributed by atoms with Gasteiger partial charge in [0, 0.05) is 16.9 Å². The number of ether oxygens (including phenoxy) is 1. The highest BCUT2D eigenvalue weighted by atomic mass is 35.5. The van der Waals surface area contributed by atoms with Crippen LogP contribution in [0.2, 0.25) is 5.02 Å². The normalized spacial score (nSPS) is 14.1. The van der Waals surface area contributed by atoms with E-state index >= 15 is 0 Å². The summed E-state index contributed by atoms with van der Waals surface area (Å²) >= 11 is 6.30. The molecule has 0 fully saturated rings. The van der Waals surface area contributed by atoms with Gasteiger partial charge in [0.05, 0.1) is 0 Å². The van der Waals surface area contributed by atoms with E-state index in [1.807, 2.05) is 66.7 Å². The van der Waals surface area contributed by atoms with Crippen LogP contribution < -0.4 is 5.32 Å². The number of halogens is 1. The number of alkyl carbamates (subject to hydrolysis) is 1. The standard InChI is InChI=1S/C29H24ClNO4/c1-17(25-15-19(30)14-18-8-2-3-9-20(18)25)27(28(32)33)31-29(34)35-16-26-23-12-6-4-10-21(23)22-11-5-7-13-24(22)26/h2-15,17,26-27H,16H2,1H3,(H,31,34)(H,32,33)/t17-,27-/m0/s1. The number of carboxylic acid groups (broad SMARTS) is 1. The number of fused-ring (bicyclic) bond motifs is 4. The summed E-state index contributed by atoms with van der Waals surface area (Å²) in [6.07, 6.45) is -0.766. The molecule has 6 heteroatoms. The summed E-state index contributed by atoms with van der Waals surface area (Å²) in [6.45, 7) is 1.88. The number of carboxylic acids is 1. The number of benzene rings is 4. The minimum Gasteiger partial charge on any atom is -0.480 e. The van der Waals surface area contributed by atoms with Gasteiger partial charge in [0.2, 0.25) is 0 Å². The van der Waals surface area contributed by atoms with Crippen molar-refractivity contribution in [3.05, 3.63) is 107 Å². The smallest absolute Gasteiger partial charge is 0.407 e.